The molecule has 0 spiro atoms. The first kappa shape index (κ1) is 22.2. The van der Waals surface area contributed by atoms with E-state index in [1.54, 1.807) is 13.2 Å². The third kappa shape index (κ3) is 4.73. The van der Waals surface area contributed by atoms with Gasteiger partial charge >= 0.3 is 0 Å². The molecule has 170 valence electrons. The van der Waals surface area contributed by atoms with Gasteiger partial charge in [-0.15, -0.1) is 5.10 Å². The Balaban J connectivity index is 1.60. The average molecular weight is 440 g/mol. The molecular formula is C23H30FN7O. The van der Waals surface area contributed by atoms with Crippen LogP contribution < -0.4 is 9.80 Å². The highest BCUT2D eigenvalue weighted by molar-refractivity contribution is 5.49. The topological polar surface area (TPSA) is 62.6 Å². The third-order valence-electron chi connectivity index (χ3n) is 5.91. The van der Waals surface area contributed by atoms with Crippen molar-refractivity contribution in [2.24, 2.45) is 0 Å². The van der Waals surface area contributed by atoms with Gasteiger partial charge in [0.1, 0.15) is 5.82 Å². The van der Waals surface area contributed by atoms with E-state index in [2.05, 4.69) is 54.5 Å². The number of piperazine rings is 1. The molecule has 1 aromatic heterocycles. The summed E-state index contributed by atoms with van der Waals surface area (Å²) in [6.45, 7) is 4.11. The second kappa shape index (κ2) is 10.1. The lowest BCUT2D eigenvalue weighted by Gasteiger charge is -2.40. The van der Waals surface area contributed by atoms with Crippen molar-refractivity contribution in [1.29, 1.82) is 0 Å². The summed E-state index contributed by atoms with van der Waals surface area (Å²) in [6.07, 6.45) is 0. The average Bonchev–Trinajstić information content (AvgIpc) is 3.27. The van der Waals surface area contributed by atoms with Crippen molar-refractivity contribution in [2.45, 2.75) is 12.6 Å². The van der Waals surface area contributed by atoms with Gasteiger partial charge in [0.2, 0.25) is 0 Å². The summed E-state index contributed by atoms with van der Waals surface area (Å²) in [6, 6.07) is 15.4. The Morgan fingerprint density at radius 3 is 2.41 bits per heavy atom. The van der Waals surface area contributed by atoms with Crippen LogP contribution in [-0.4, -0.2) is 79.1 Å². The van der Waals surface area contributed by atoms with Crippen LogP contribution in [0, 0.1) is 5.82 Å². The van der Waals surface area contributed by atoms with Crippen LogP contribution in [0.25, 0.3) is 0 Å². The maximum absolute atomic E-state index is 14.3. The number of aromatic nitrogens is 4. The Hall–Kier alpha value is -3.04. The molecule has 0 saturated carbocycles. The molecule has 1 aliphatic rings. The van der Waals surface area contributed by atoms with Gasteiger partial charge in [-0.2, -0.15) is 0 Å². The molecule has 3 aromatic rings. The van der Waals surface area contributed by atoms with E-state index in [0.29, 0.717) is 18.8 Å². The highest BCUT2D eigenvalue weighted by Crippen LogP contribution is 2.30. The molecule has 1 atom stereocenters. The molecule has 9 heteroatoms. The molecule has 0 amide bonds. The van der Waals surface area contributed by atoms with E-state index in [1.807, 2.05) is 30.9 Å². The van der Waals surface area contributed by atoms with Gasteiger partial charge in [-0.3, -0.25) is 4.90 Å². The van der Waals surface area contributed by atoms with E-state index in [0.717, 1.165) is 43.3 Å². The fraction of sp³-hybridized carbons (Fsp3) is 0.435. The fourth-order valence-electron chi connectivity index (χ4n) is 4.15. The molecule has 4 rings (SSSR count). The molecule has 0 N–H and O–H groups in total. The first-order valence-electron chi connectivity index (χ1n) is 10.8. The largest absolute Gasteiger partial charge is 0.383 e. The molecule has 1 aliphatic heterocycles. The zero-order valence-electron chi connectivity index (χ0n) is 18.9. The molecule has 2 heterocycles. The number of para-hydroxylation sites is 1. The lowest BCUT2D eigenvalue weighted by molar-refractivity contribution is 0.171. The van der Waals surface area contributed by atoms with E-state index in [9.17, 15) is 4.39 Å². The van der Waals surface area contributed by atoms with E-state index in [1.165, 1.54) is 6.07 Å². The summed E-state index contributed by atoms with van der Waals surface area (Å²) in [4.78, 5) is 6.55. The predicted molar refractivity (Wildman–Crippen MR) is 122 cm³/mol. The van der Waals surface area contributed by atoms with Crippen molar-refractivity contribution in [1.82, 2.24) is 25.1 Å². The summed E-state index contributed by atoms with van der Waals surface area (Å²) < 4.78 is 21.3. The minimum Gasteiger partial charge on any atom is -0.383 e. The SMILES string of the molecule is COCCn1nnnc1[C@@H](c1ccc(N(C)C)cc1)N1CCN(c2ccccc2F)CC1. The van der Waals surface area contributed by atoms with Crippen molar-refractivity contribution < 1.29 is 9.13 Å². The zero-order valence-corrected chi connectivity index (χ0v) is 18.9. The second-order valence-corrected chi connectivity index (χ2v) is 8.12. The summed E-state index contributed by atoms with van der Waals surface area (Å²) in [5, 5.41) is 12.5. The van der Waals surface area contributed by atoms with Crippen LogP contribution in [0.2, 0.25) is 0 Å². The number of hydrogen-bond donors (Lipinski definition) is 0. The molecule has 0 radical (unpaired) electrons. The quantitative estimate of drug-likeness (QED) is 0.534. The van der Waals surface area contributed by atoms with Crippen LogP contribution in [0.15, 0.2) is 48.5 Å². The summed E-state index contributed by atoms with van der Waals surface area (Å²) in [7, 11) is 5.73. The van der Waals surface area contributed by atoms with Crippen LogP contribution in [0.1, 0.15) is 17.4 Å². The van der Waals surface area contributed by atoms with Gasteiger partial charge in [0.15, 0.2) is 5.82 Å². The van der Waals surface area contributed by atoms with Crippen molar-refractivity contribution in [2.75, 3.05) is 63.8 Å². The Kier molecular flexibility index (Phi) is 6.96. The van der Waals surface area contributed by atoms with Gasteiger partial charge in [0.05, 0.1) is 24.9 Å². The molecule has 1 fully saturated rings. The molecule has 0 bridgehead atoms. The van der Waals surface area contributed by atoms with E-state index in [4.69, 9.17) is 4.74 Å². The number of hydrogen-bond acceptors (Lipinski definition) is 7. The van der Waals surface area contributed by atoms with E-state index < -0.39 is 0 Å². The van der Waals surface area contributed by atoms with Crippen molar-refractivity contribution in [3.05, 3.63) is 65.7 Å². The lowest BCUT2D eigenvalue weighted by atomic mass is 10.0. The van der Waals surface area contributed by atoms with Crippen LogP contribution >= 0.6 is 0 Å². The monoisotopic (exact) mass is 439 g/mol. The van der Waals surface area contributed by atoms with Gasteiger partial charge in [-0.25, -0.2) is 9.07 Å². The number of ether oxygens (including phenoxy) is 1. The van der Waals surface area contributed by atoms with Gasteiger partial charge in [0, 0.05) is 53.1 Å². The molecular weight excluding hydrogens is 409 g/mol. The number of halogens is 1. The minimum absolute atomic E-state index is 0.0964. The standard InChI is InChI=1S/C23H30FN7O/c1-28(2)19-10-8-18(9-11-19)22(23-25-26-27-31(23)16-17-32-3)30-14-12-29(13-15-30)21-7-5-4-6-20(21)24/h4-11,22H,12-17H2,1-3H3/t22-/m1/s1. The second-order valence-electron chi connectivity index (χ2n) is 8.12. The van der Waals surface area contributed by atoms with Gasteiger partial charge < -0.3 is 14.5 Å². The van der Waals surface area contributed by atoms with Crippen molar-refractivity contribution in [3.63, 3.8) is 0 Å². The molecule has 0 unspecified atom stereocenters. The zero-order chi connectivity index (χ0) is 22.5. The smallest absolute Gasteiger partial charge is 0.173 e. The highest BCUT2D eigenvalue weighted by Gasteiger charge is 2.31. The molecule has 2 aromatic carbocycles. The minimum atomic E-state index is -0.180. The Morgan fingerprint density at radius 1 is 1.03 bits per heavy atom. The van der Waals surface area contributed by atoms with Gasteiger partial charge in [0.25, 0.3) is 0 Å². The van der Waals surface area contributed by atoms with E-state index >= 15 is 0 Å². The van der Waals surface area contributed by atoms with Gasteiger partial charge in [-0.05, 0) is 40.3 Å². The highest BCUT2D eigenvalue weighted by atomic mass is 19.1. The number of methoxy groups -OCH3 is 1. The Bertz CT molecular complexity index is 1000. The number of nitrogens with zero attached hydrogens (tertiary/aromatic N) is 7. The van der Waals surface area contributed by atoms with Gasteiger partial charge in [-0.1, -0.05) is 24.3 Å². The number of tetrazole rings is 1. The normalized spacial score (nSPS) is 15.7. The van der Waals surface area contributed by atoms with Crippen LogP contribution in [0.4, 0.5) is 15.8 Å². The van der Waals surface area contributed by atoms with Crippen LogP contribution in [-0.2, 0) is 11.3 Å². The maximum atomic E-state index is 14.3. The Labute approximate surface area is 188 Å². The number of rotatable bonds is 8. The molecule has 8 nitrogen and oxygen atoms in total. The lowest BCUT2D eigenvalue weighted by Crippen LogP contribution is -2.48. The predicted octanol–water partition coefficient (Wildman–Crippen LogP) is 2.44. The maximum Gasteiger partial charge on any atom is 0.173 e. The van der Waals surface area contributed by atoms with Crippen LogP contribution in [0.5, 0.6) is 0 Å². The Morgan fingerprint density at radius 2 is 1.75 bits per heavy atom. The first-order chi connectivity index (χ1) is 15.6. The first-order valence-corrected chi connectivity index (χ1v) is 10.8. The number of benzene rings is 2. The summed E-state index contributed by atoms with van der Waals surface area (Å²) in [5.74, 6) is 0.610. The molecule has 32 heavy (non-hydrogen) atoms. The summed E-state index contributed by atoms with van der Waals surface area (Å²) >= 11 is 0. The van der Waals surface area contributed by atoms with Crippen LogP contribution in [0.3, 0.4) is 0 Å². The summed E-state index contributed by atoms with van der Waals surface area (Å²) in [5.41, 5.74) is 2.92. The van der Waals surface area contributed by atoms with Crippen molar-refractivity contribution in [3.8, 4) is 0 Å². The fourth-order valence-corrected chi connectivity index (χ4v) is 4.15. The third-order valence-corrected chi connectivity index (χ3v) is 5.91. The molecule has 0 aliphatic carbocycles. The molecule has 1 saturated heterocycles. The van der Waals surface area contributed by atoms with E-state index in [-0.39, 0.29) is 11.9 Å². The van der Waals surface area contributed by atoms with Crippen molar-refractivity contribution >= 4 is 11.4 Å². The number of anilines is 2.